The fraction of sp³-hybridized carbons (Fsp3) is 0.333. The summed E-state index contributed by atoms with van der Waals surface area (Å²) in [7, 11) is 0. The minimum Gasteiger partial charge on any atom is -0.444 e. The van der Waals surface area contributed by atoms with E-state index < -0.39 is 46.3 Å². The van der Waals surface area contributed by atoms with E-state index in [0.717, 1.165) is 12.1 Å². The third-order valence-electron chi connectivity index (χ3n) is 6.07. The fourth-order valence-corrected chi connectivity index (χ4v) is 5.73. The van der Waals surface area contributed by atoms with E-state index in [0.29, 0.717) is 28.0 Å². The molecule has 4 nitrogen and oxygen atoms in total. The summed E-state index contributed by atoms with van der Waals surface area (Å²) in [5.41, 5.74) is -1.16. The van der Waals surface area contributed by atoms with Crippen molar-refractivity contribution in [3.63, 3.8) is 0 Å². The van der Waals surface area contributed by atoms with E-state index in [1.807, 2.05) is 0 Å². The van der Waals surface area contributed by atoms with Gasteiger partial charge in [-0.2, -0.15) is 26.3 Å². The average molecular weight is 633 g/mol. The number of alkyl carbamates (subject to hydrolysis) is 1. The molecule has 39 heavy (non-hydrogen) atoms. The Morgan fingerprint density at radius 1 is 1.03 bits per heavy atom. The first-order valence-corrected chi connectivity index (χ1v) is 13.3. The number of carbonyl (C=O) groups is 1. The second kappa shape index (κ2) is 10.3. The lowest BCUT2D eigenvalue weighted by molar-refractivity contribution is -0.160. The van der Waals surface area contributed by atoms with E-state index in [-0.39, 0.29) is 28.7 Å². The van der Waals surface area contributed by atoms with Crippen LogP contribution in [0.25, 0.3) is 10.8 Å². The SMILES string of the molecule is CC(C)(C)OC(=O)NCc1ccc(C2=NSC(c3ccc(Br)c(C(F)(F)F)c3)(C(F)(F)F)C2)c2ccccc12. The Morgan fingerprint density at radius 2 is 1.69 bits per heavy atom. The van der Waals surface area contributed by atoms with Gasteiger partial charge in [0, 0.05) is 23.0 Å². The highest BCUT2D eigenvalue weighted by atomic mass is 79.9. The maximum absolute atomic E-state index is 14.6. The molecular weight excluding hydrogens is 610 g/mol. The third-order valence-corrected chi connectivity index (χ3v) is 8.00. The highest BCUT2D eigenvalue weighted by Gasteiger charge is 2.60. The number of carbonyl (C=O) groups excluding carboxylic acids is 1. The molecule has 0 radical (unpaired) electrons. The number of nitrogens with zero attached hydrogens (tertiary/aromatic N) is 1. The van der Waals surface area contributed by atoms with Crippen molar-refractivity contribution in [2.75, 3.05) is 0 Å². The number of halogens is 7. The standard InChI is InChI=1S/C27H23BrF6N2O2S/c1-24(2,3)38-23(37)35-14-15-8-10-19(18-7-5-4-6-17(15)18)22-13-25(39-36-22,27(32,33)34)16-9-11-21(28)20(12-16)26(29,30)31/h4-12H,13-14H2,1-3H3,(H,35,37). The van der Waals surface area contributed by atoms with E-state index >= 15 is 0 Å². The van der Waals surface area contributed by atoms with Crippen molar-refractivity contribution in [1.29, 1.82) is 0 Å². The third kappa shape index (κ3) is 6.06. The number of benzene rings is 3. The predicted molar refractivity (Wildman–Crippen MR) is 143 cm³/mol. The molecule has 1 atom stereocenters. The smallest absolute Gasteiger partial charge is 0.417 e. The number of alkyl halides is 6. The maximum atomic E-state index is 14.6. The highest BCUT2D eigenvalue weighted by molar-refractivity contribution is 9.10. The van der Waals surface area contributed by atoms with Gasteiger partial charge in [0.2, 0.25) is 0 Å². The predicted octanol–water partition coefficient (Wildman–Crippen LogP) is 8.94. The van der Waals surface area contributed by atoms with Gasteiger partial charge in [0.05, 0.1) is 11.3 Å². The van der Waals surface area contributed by atoms with Gasteiger partial charge in [-0.15, -0.1) is 0 Å². The largest absolute Gasteiger partial charge is 0.444 e. The molecular formula is C27H23BrF6N2O2S. The number of ether oxygens (including phenoxy) is 1. The van der Waals surface area contributed by atoms with Crippen LogP contribution < -0.4 is 5.32 Å². The quantitative estimate of drug-likeness (QED) is 0.231. The van der Waals surface area contributed by atoms with Gasteiger partial charge < -0.3 is 10.1 Å². The van der Waals surface area contributed by atoms with Crippen LogP contribution in [0.15, 0.2) is 63.5 Å². The average Bonchev–Trinajstić information content (AvgIpc) is 3.28. The van der Waals surface area contributed by atoms with Gasteiger partial charge in [-0.3, -0.25) is 0 Å². The Morgan fingerprint density at radius 3 is 2.31 bits per heavy atom. The second-order valence-electron chi connectivity index (χ2n) is 10.00. The minimum atomic E-state index is -4.90. The van der Waals surface area contributed by atoms with E-state index in [9.17, 15) is 31.1 Å². The van der Waals surface area contributed by atoms with Crippen molar-refractivity contribution < 1.29 is 35.9 Å². The molecule has 3 aromatic rings. The molecule has 1 aliphatic heterocycles. The van der Waals surface area contributed by atoms with Gasteiger partial charge in [-0.05, 0) is 66.8 Å². The second-order valence-corrected chi connectivity index (χ2v) is 11.9. The van der Waals surface area contributed by atoms with Crippen LogP contribution in [0.3, 0.4) is 0 Å². The van der Waals surface area contributed by atoms with E-state index in [1.165, 1.54) is 0 Å². The molecule has 1 aliphatic rings. The van der Waals surface area contributed by atoms with Gasteiger partial charge in [-0.1, -0.05) is 58.4 Å². The molecule has 1 N–H and O–H groups in total. The van der Waals surface area contributed by atoms with Crippen molar-refractivity contribution in [2.45, 2.75) is 56.4 Å². The molecule has 1 amide bonds. The molecule has 12 heteroatoms. The van der Waals surface area contributed by atoms with Crippen molar-refractivity contribution in [2.24, 2.45) is 4.40 Å². The van der Waals surface area contributed by atoms with Crippen LogP contribution in [-0.2, 0) is 22.2 Å². The van der Waals surface area contributed by atoms with Gasteiger partial charge >= 0.3 is 18.4 Å². The number of fused-ring (bicyclic) bond motifs is 1. The van der Waals surface area contributed by atoms with Crippen LogP contribution >= 0.6 is 27.9 Å². The molecule has 0 aliphatic carbocycles. The van der Waals surface area contributed by atoms with Crippen LogP contribution in [0.1, 0.15) is 49.4 Å². The zero-order valence-corrected chi connectivity index (χ0v) is 23.3. The topological polar surface area (TPSA) is 50.7 Å². The van der Waals surface area contributed by atoms with Crippen molar-refractivity contribution >= 4 is 50.5 Å². The Kier molecular flexibility index (Phi) is 7.76. The van der Waals surface area contributed by atoms with E-state index in [1.54, 1.807) is 57.2 Å². The van der Waals surface area contributed by atoms with Crippen molar-refractivity contribution in [3.05, 3.63) is 81.3 Å². The van der Waals surface area contributed by atoms with Gasteiger partial charge in [0.1, 0.15) is 5.60 Å². The molecule has 208 valence electrons. The fourth-order valence-electron chi connectivity index (χ4n) is 4.29. The van der Waals surface area contributed by atoms with E-state index in [2.05, 4.69) is 25.6 Å². The van der Waals surface area contributed by atoms with Gasteiger partial charge in [-0.25, -0.2) is 9.19 Å². The lowest BCUT2D eigenvalue weighted by atomic mass is 9.87. The zero-order valence-electron chi connectivity index (χ0n) is 20.9. The number of rotatable bonds is 4. The molecule has 0 fully saturated rings. The molecule has 0 saturated heterocycles. The molecule has 0 aromatic heterocycles. The first-order valence-electron chi connectivity index (χ1n) is 11.7. The summed E-state index contributed by atoms with van der Waals surface area (Å²) in [5.74, 6) is 0. The minimum absolute atomic E-state index is 0.108. The molecule has 0 spiro atoms. The number of hydrogen-bond donors (Lipinski definition) is 1. The van der Waals surface area contributed by atoms with Gasteiger partial charge in [0.15, 0.2) is 4.75 Å². The zero-order chi connectivity index (χ0) is 28.8. The van der Waals surface area contributed by atoms with Crippen molar-refractivity contribution in [1.82, 2.24) is 5.32 Å². The highest BCUT2D eigenvalue weighted by Crippen LogP contribution is 2.57. The first kappa shape index (κ1) is 29.3. The Bertz CT molecular complexity index is 1450. The summed E-state index contributed by atoms with van der Waals surface area (Å²) >= 11 is 3.01. The monoisotopic (exact) mass is 632 g/mol. The molecule has 0 bridgehead atoms. The molecule has 1 unspecified atom stereocenters. The summed E-state index contributed by atoms with van der Waals surface area (Å²) in [6.07, 6.45) is -11.0. The van der Waals surface area contributed by atoms with Crippen LogP contribution in [-0.4, -0.2) is 23.6 Å². The Labute approximate surface area is 233 Å². The Balaban J connectivity index is 1.70. The lowest BCUT2D eigenvalue weighted by Gasteiger charge is -2.31. The molecule has 4 rings (SSSR count). The summed E-state index contributed by atoms with van der Waals surface area (Å²) in [6, 6.07) is 12.8. The maximum Gasteiger partial charge on any atom is 0.417 e. The van der Waals surface area contributed by atoms with Crippen molar-refractivity contribution in [3.8, 4) is 0 Å². The number of amides is 1. The van der Waals surface area contributed by atoms with Gasteiger partial charge in [0.25, 0.3) is 0 Å². The molecule has 3 aromatic carbocycles. The normalized spacial score (nSPS) is 18.3. The van der Waals surface area contributed by atoms with Crippen LogP contribution in [0.5, 0.6) is 0 Å². The number of nitrogens with one attached hydrogen (secondary N) is 1. The summed E-state index contributed by atoms with van der Waals surface area (Å²) < 4.78 is 90.5. The summed E-state index contributed by atoms with van der Waals surface area (Å²) in [5, 5.41) is 3.96. The van der Waals surface area contributed by atoms with E-state index in [4.69, 9.17) is 4.74 Å². The summed E-state index contributed by atoms with van der Waals surface area (Å²) in [4.78, 5) is 12.1. The molecule has 1 heterocycles. The van der Waals surface area contributed by atoms with Crippen LogP contribution in [0, 0.1) is 0 Å². The Hall–Kier alpha value is -2.73. The van der Waals surface area contributed by atoms with Crippen LogP contribution in [0.2, 0.25) is 0 Å². The lowest BCUT2D eigenvalue weighted by Crippen LogP contribution is -2.39. The van der Waals surface area contributed by atoms with Crippen LogP contribution in [0.4, 0.5) is 31.1 Å². The first-order chi connectivity index (χ1) is 18.0. The number of hydrogen-bond acceptors (Lipinski definition) is 4. The molecule has 0 saturated carbocycles. The summed E-state index contributed by atoms with van der Waals surface area (Å²) in [6.45, 7) is 5.31.